The minimum Gasteiger partial charge on any atom is -0.493 e. The van der Waals surface area contributed by atoms with Crippen LogP contribution in [0.25, 0.3) is 0 Å². The van der Waals surface area contributed by atoms with E-state index >= 15 is 0 Å². The lowest BCUT2D eigenvalue weighted by Crippen LogP contribution is -2.69. The van der Waals surface area contributed by atoms with Crippen molar-refractivity contribution in [3.63, 3.8) is 0 Å². The van der Waals surface area contributed by atoms with Crippen molar-refractivity contribution in [3.8, 4) is 11.5 Å². The monoisotopic (exact) mass is 437 g/mol. The van der Waals surface area contributed by atoms with Gasteiger partial charge in [0.1, 0.15) is 0 Å². The van der Waals surface area contributed by atoms with Gasteiger partial charge in [0, 0.05) is 5.56 Å². The molecule has 1 aliphatic heterocycles. The van der Waals surface area contributed by atoms with E-state index < -0.39 is 29.7 Å². The van der Waals surface area contributed by atoms with Gasteiger partial charge in [-0.2, -0.15) is 13.2 Å². The maximum Gasteiger partial charge on any atom is 0.440 e. The lowest BCUT2D eigenvalue weighted by Gasteiger charge is -2.30. The number of carbonyl (C=O) groups excluding carboxylic acids is 3. The van der Waals surface area contributed by atoms with E-state index in [2.05, 4.69) is 0 Å². The highest BCUT2D eigenvalue weighted by atomic mass is 19.4. The molecule has 0 aromatic heterocycles. The summed E-state index contributed by atoms with van der Waals surface area (Å²) < 4.78 is 52.1. The number of benzene rings is 2. The minimum atomic E-state index is -5.33. The molecule has 0 bridgehead atoms. The van der Waals surface area contributed by atoms with Gasteiger partial charge in [0.15, 0.2) is 11.5 Å². The number of nitrogens with one attached hydrogen (secondary N) is 2. The van der Waals surface area contributed by atoms with Crippen molar-refractivity contribution in [1.29, 1.82) is 0 Å². The van der Waals surface area contributed by atoms with E-state index in [0.29, 0.717) is 4.90 Å². The number of imide groups is 1. The molecule has 0 radical (unpaired) electrons. The molecule has 2 aromatic rings. The van der Waals surface area contributed by atoms with Crippen LogP contribution in [0.5, 0.6) is 11.5 Å². The van der Waals surface area contributed by atoms with Crippen LogP contribution >= 0.6 is 0 Å². The number of carbonyl (C=O) groups is 3. The van der Waals surface area contributed by atoms with Crippen LogP contribution in [0.3, 0.4) is 0 Å². The highest BCUT2D eigenvalue weighted by molar-refractivity contribution is 6.24. The van der Waals surface area contributed by atoms with Crippen LogP contribution in [0.4, 0.5) is 23.7 Å². The molecule has 1 heterocycles. The van der Waals surface area contributed by atoms with Gasteiger partial charge in [-0.05, 0) is 37.3 Å². The van der Waals surface area contributed by atoms with Gasteiger partial charge in [-0.15, -0.1) is 0 Å². The Morgan fingerprint density at radius 3 is 2.19 bits per heavy atom. The van der Waals surface area contributed by atoms with Crippen LogP contribution in [0.15, 0.2) is 42.5 Å². The first-order valence-electron chi connectivity index (χ1n) is 8.88. The second-order valence-electron chi connectivity index (χ2n) is 6.68. The normalized spacial score (nSPS) is 18.6. The number of rotatable bonds is 5. The Hall–Kier alpha value is -3.76. The molecule has 31 heavy (non-hydrogen) atoms. The Kier molecular flexibility index (Phi) is 5.53. The van der Waals surface area contributed by atoms with E-state index in [4.69, 9.17) is 9.47 Å². The summed E-state index contributed by atoms with van der Waals surface area (Å²) in [7, 11) is 2.64. The zero-order chi connectivity index (χ0) is 23.0. The number of urea groups is 1. The fourth-order valence-electron chi connectivity index (χ4n) is 3.03. The van der Waals surface area contributed by atoms with Crippen molar-refractivity contribution in [1.82, 2.24) is 10.6 Å². The average Bonchev–Trinajstić information content (AvgIpc) is 2.98. The number of methoxy groups -OCH3 is 2. The summed E-state index contributed by atoms with van der Waals surface area (Å²) in [6.07, 6.45) is -5.33. The fraction of sp³-hybridized carbons (Fsp3) is 0.250. The average molecular weight is 437 g/mol. The van der Waals surface area contributed by atoms with Crippen LogP contribution in [0, 0.1) is 6.92 Å². The highest BCUT2D eigenvalue weighted by Crippen LogP contribution is 2.36. The van der Waals surface area contributed by atoms with Crippen molar-refractivity contribution in [2.75, 3.05) is 19.1 Å². The van der Waals surface area contributed by atoms with Crippen molar-refractivity contribution in [2.45, 2.75) is 18.8 Å². The van der Waals surface area contributed by atoms with Crippen LogP contribution in [0.2, 0.25) is 0 Å². The van der Waals surface area contributed by atoms with Gasteiger partial charge < -0.3 is 14.8 Å². The summed E-state index contributed by atoms with van der Waals surface area (Å²) in [6, 6.07) is 8.07. The van der Waals surface area contributed by atoms with E-state index in [-0.39, 0.29) is 22.7 Å². The first-order valence-corrected chi connectivity index (χ1v) is 8.88. The summed E-state index contributed by atoms with van der Waals surface area (Å²) in [5, 5.41) is 3.24. The van der Waals surface area contributed by atoms with Crippen LogP contribution in [-0.2, 0) is 4.79 Å². The maximum atomic E-state index is 14.0. The van der Waals surface area contributed by atoms with Gasteiger partial charge in [-0.1, -0.05) is 17.7 Å². The molecule has 0 aliphatic carbocycles. The summed E-state index contributed by atoms with van der Waals surface area (Å²) in [4.78, 5) is 38.1. The number of halogens is 3. The summed E-state index contributed by atoms with van der Waals surface area (Å²) in [6.45, 7) is 1.74. The van der Waals surface area contributed by atoms with Gasteiger partial charge in [0.25, 0.3) is 17.5 Å². The highest BCUT2D eigenvalue weighted by Gasteiger charge is 2.69. The molecule has 0 saturated carbocycles. The molecular weight excluding hydrogens is 419 g/mol. The standard InChI is InChI=1S/C20H18F3N3O5/c1-11-4-7-13(8-5-11)26-17(28)19(20(21,22)23,25-18(26)29)24-16(27)12-6-9-14(30-2)15(10-12)31-3/h4-10H,1-3H3,(H,24,27)(H,25,29)/t19-/m0/s1. The number of amides is 4. The predicted octanol–water partition coefficient (Wildman–Crippen LogP) is 2.76. The number of alkyl halides is 3. The minimum absolute atomic E-state index is 0.0698. The number of hydrogen-bond acceptors (Lipinski definition) is 5. The fourth-order valence-corrected chi connectivity index (χ4v) is 3.03. The molecule has 164 valence electrons. The SMILES string of the molecule is COc1ccc(C(=O)N[C@]2(C(F)(F)F)NC(=O)N(c3ccc(C)cc3)C2=O)cc1OC. The quantitative estimate of drug-likeness (QED) is 0.702. The molecule has 3 rings (SSSR count). The summed E-state index contributed by atoms with van der Waals surface area (Å²) in [5.41, 5.74) is -3.17. The van der Waals surface area contributed by atoms with E-state index in [9.17, 15) is 27.6 Å². The molecule has 8 nitrogen and oxygen atoms in total. The van der Waals surface area contributed by atoms with E-state index in [1.807, 2.05) is 0 Å². The Morgan fingerprint density at radius 1 is 1.03 bits per heavy atom. The topological polar surface area (TPSA) is 97.0 Å². The Labute approximate surface area is 174 Å². The van der Waals surface area contributed by atoms with Crippen LogP contribution in [-0.4, -0.2) is 43.9 Å². The van der Waals surface area contributed by atoms with E-state index in [0.717, 1.165) is 11.6 Å². The summed E-state index contributed by atoms with van der Waals surface area (Å²) in [5.74, 6) is -2.58. The molecule has 0 unspecified atom stereocenters. The molecule has 1 aliphatic rings. The maximum absolute atomic E-state index is 14.0. The zero-order valence-corrected chi connectivity index (χ0v) is 16.7. The molecule has 0 spiro atoms. The predicted molar refractivity (Wildman–Crippen MR) is 103 cm³/mol. The number of ether oxygens (including phenoxy) is 2. The Morgan fingerprint density at radius 2 is 1.65 bits per heavy atom. The molecule has 1 saturated heterocycles. The number of nitrogens with zero attached hydrogens (tertiary/aromatic N) is 1. The van der Waals surface area contributed by atoms with Gasteiger partial charge >= 0.3 is 12.2 Å². The van der Waals surface area contributed by atoms with Crippen molar-refractivity contribution >= 4 is 23.5 Å². The molecule has 1 fully saturated rings. The molecule has 2 aromatic carbocycles. The molecular formula is C20H18F3N3O5. The lowest BCUT2D eigenvalue weighted by molar-refractivity contribution is -0.197. The first kappa shape index (κ1) is 21.9. The smallest absolute Gasteiger partial charge is 0.440 e. The third-order valence-corrected chi connectivity index (χ3v) is 4.69. The third-order valence-electron chi connectivity index (χ3n) is 4.69. The molecule has 11 heteroatoms. The Balaban J connectivity index is 1.99. The van der Waals surface area contributed by atoms with Crippen LogP contribution in [0.1, 0.15) is 15.9 Å². The van der Waals surface area contributed by atoms with E-state index in [1.54, 1.807) is 17.6 Å². The van der Waals surface area contributed by atoms with Crippen molar-refractivity contribution in [3.05, 3.63) is 53.6 Å². The Bertz CT molecular complexity index is 1040. The second kappa shape index (κ2) is 7.82. The molecule has 1 atom stereocenters. The third kappa shape index (κ3) is 3.74. The second-order valence-corrected chi connectivity index (χ2v) is 6.68. The zero-order valence-electron chi connectivity index (χ0n) is 16.7. The van der Waals surface area contributed by atoms with Crippen molar-refractivity contribution < 1.29 is 37.0 Å². The number of aryl methyl sites for hydroxylation is 1. The van der Waals surface area contributed by atoms with Crippen molar-refractivity contribution in [2.24, 2.45) is 0 Å². The molecule has 4 amide bonds. The van der Waals surface area contributed by atoms with Gasteiger partial charge in [-0.25, -0.2) is 9.69 Å². The van der Waals surface area contributed by atoms with Gasteiger partial charge in [0.2, 0.25) is 0 Å². The van der Waals surface area contributed by atoms with Gasteiger partial charge in [-0.3, -0.25) is 14.9 Å². The van der Waals surface area contributed by atoms with E-state index in [1.165, 1.54) is 50.6 Å². The largest absolute Gasteiger partial charge is 0.493 e. The summed E-state index contributed by atoms with van der Waals surface area (Å²) >= 11 is 0. The first-order chi connectivity index (χ1) is 14.5. The van der Waals surface area contributed by atoms with Gasteiger partial charge in [0.05, 0.1) is 19.9 Å². The molecule has 2 N–H and O–H groups in total. The number of anilines is 1. The lowest BCUT2D eigenvalue weighted by atomic mass is 10.1. The van der Waals surface area contributed by atoms with Crippen LogP contribution < -0.4 is 25.0 Å². The number of hydrogen-bond donors (Lipinski definition) is 2.